The second-order valence-electron chi connectivity index (χ2n) is 4.99. The molecule has 0 heterocycles. The van der Waals surface area contributed by atoms with Gasteiger partial charge in [0, 0.05) is 22.1 Å². The summed E-state index contributed by atoms with van der Waals surface area (Å²) in [7, 11) is 0. The molecule has 0 aromatic heterocycles. The van der Waals surface area contributed by atoms with Crippen molar-refractivity contribution in [1.82, 2.24) is 5.32 Å². The maximum Gasteiger partial charge on any atom is 0.0462 e. The van der Waals surface area contributed by atoms with Gasteiger partial charge in [-0.2, -0.15) is 0 Å². The number of halogens is 2. The molecule has 1 nitrogen and oxygen atoms in total. The third kappa shape index (κ3) is 5.89. The van der Waals surface area contributed by atoms with Crippen LogP contribution in [-0.4, -0.2) is 6.04 Å². The lowest BCUT2D eigenvalue weighted by molar-refractivity contribution is 0.451. The van der Waals surface area contributed by atoms with Crippen LogP contribution in [0.15, 0.2) is 22.7 Å². The van der Waals surface area contributed by atoms with Crippen molar-refractivity contribution >= 4 is 27.5 Å². The van der Waals surface area contributed by atoms with Crippen LogP contribution in [0.3, 0.4) is 0 Å². The van der Waals surface area contributed by atoms with E-state index < -0.39 is 0 Å². The van der Waals surface area contributed by atoms with Crippen molar-refractivity contribution in [2.24, 2.45) is 5.92 Å². The fourth-order valence-corrected chi connectivity index (χ4v) is 2.37. The van der Waals surface area contributed by atoms with E-state index >= 15 is 0 Å². The zero-order valence-electron chi connectivity index (χ0n) is 10.8. The molecule has 96 valence electrons. The molecule has 1 unspecified atom stereocenters. The first-order chi connectivity index (χ1) is 7.99. The highest BCUT2D eigenvalue weighted by Crippen LogP contribution is 2.21. The summed E-state index contributed by atoms with van der Waals surface area (Å²) >= 11 is 9.58. The number of nitrogens with one attached hydrogen (secondary N) is 1. The van der Waals surface area contributed by atoms with Crippen LogP contribution in [-0.2, 0) is 6.54 Å². The van der Waals surface area contributed by atoms with Crippen LogP contribution in [0.25, 0.3) is 0 Å². The normalized spacial score (nSPS) is 13.1. The zero-order valence-corrected chi connectivity index (χ0v) is 13.1. The average molecular weight is 319 g/mol. The molecule has 1 aromatic rings. The van der Waals surface area contributed by atoms with Crippen molar-refractivity contribution in [2.75, 3.05) is 0 Å². The average Bonchev–Trinajstić information content (AvgIpc) is 2.25. The molecule has 17 heavy (non-hydrogen) atoms. The van der Waals surface area contributed by atoms with E-state index in [1.54, 1.807) is 0 Å². The van der Waals surface area contributed by atoms with Gasteiger partial charge in [0.15, 0.2) is 0 Å². The van der Waals surface area contributed by atoms with Crippen molar-refractivity contribution in [3.8, 4) is 0 Å². The van der Waals surface area contributed by atoms with Crippen LogP contribution in [0.1, 0.15) is 39.2 Å². The molecule has 1 atom stereocenters. The van der Waals surface area contributed by atoms with Crippen molar-refractivity contribution in [3.63, 3.8) is 0 Å². The van der Waals surface area contributed by atoms with E-state index in [0.717, 1.165) is 27.5 Å². The van der Waals surface area contributed by atoms with E-state index in [1.165, 1.54) is 12.8 Å². The van der Waals surface area contributed by atoms with Gasteiger partial charge in [-0.05, 0) is 43.4 Å². The first-order valence-corrected chi connectivity index (χ1v) is 7.33. The summed E-state index contributed by atoms with van der Waals surface area (Å²) in [6, 6.07) is 6.57. The van der Waals surface area contributed by atoms with E-state index in [2.05, 4.69) is 48.1 Å². The molecule has 1 N–H and O–H groups in total. The van der Waals surface area contributed by atoms with Gasteiger partial charge in [0.1, 0.15) is 0 Å². The first kappa shape index (κ1) is 15.0. The lowest BCUT2D eigenvalue weighted by atomic mass is 10.0. The molecular formula is C14H21BrClN. The predicted octanol–water partition coefficient (Wildman–Crippen LogP) is 5.02. The first-order valence-electron chi connectivity index (χ1n) is 6.16. The van der Waals surface area contributed by atoms with Gasteiger partial charge in [0.05, 0.1) is 0 Å². The third-order valence-corrected chi connectivity index (χ3v) is 3.68. The molecule has 0 aliphatic rings. The predicted molar refractivity (Wildman–Crippen MR) is 79.5 cm³/mol. The Balaban J connectivity index is 2.39. The summed E-state index contributed by atoms with van der Waals surface area (Å²) in [5, 5.41) is 4.34. The maximum atomic E-state index is 6.17. The highest BCUT2D eigenvalue weighted by Gasteiger charge is 2.05. The summed E-state index contributed by atoms with van der Waals surface area (Å²) in [4.78, 5) is 0. The Kier molecular flexibility index (Phi) is 6.53. The Morgan fingerprint density at radius 1 is 1.24 bits per heavy atom. The van der Waals surface area contributed by atoms with E-state index in [1.807, 2.05) is 12.1 Å². The standard InChI is InChI=1S/C14H21BrClN/c1-10(2)4-5-11(3)17-9-12-6-7-13(15)8-14(12)16/h6-8,10-11,17H,4-5,9H2,1-3H3. The number of rotatable bonds is 6. The highest BCUT2D eigenvalue weighted by atomic mass is 79.9. The smallest absolute Gasteiger partial charge is 0.0462 e. The van der Waals surface area contributed by atoms with Gasteiger partial charge in [-0.15, -0.1) is 0 Å². The SMILES string of the molecule is CC(C)CCC(C)NCc1ccc(Br)cc1Cl. The van der Waals surface area contributed by atoms with Gasteiger partial charge in [0.25, 0.3) is 0 Å². The molecule has 0 spiro atoms. The second-order valence-corrected chi connectivity index (χ2v) is 6.31. The molecule has 0 saturated carbocycles. The molecule has 0 aliphatic carbocycles. The Labute approximate surface area is 118 Å². The van der Waals surface area contributed by atoms with Gasteiger partial charge in [-0.1, -0.05) is 47.4 Å². The quantitative estimate of drug-likeness (QED) is 0.777. The fraction of sp³-hybridized carbons (Fsp3) is 0.571. The minimum absolute atomic E-state index is 0.539. The van der Waals surface area contributed by atoms with Crippen molar-refractivity contribution in [3.05, 3.63) is 33.3 Å². The summed E-state index contributed by atoms with van der Waals surface area (Å²) in [5.41, 5.74) is 1.16. The highest BCUT2D eigenvalue weighted by molar-refractivity contribution is 9.10. The lowest BCUT2D eigenvalue weighted by Crippen LogP contribution is -2.25. The molecule has 0 radical (unpaired) electrons. The second kappa shape index (κ2) is 7.40. The molecule has 3 heteroatoms. The molecule has 0 fully saturated rings. The van der Waals surface area contributed by atoms with Crippen molar-refractivity contribution in [2.45, 2.75) is 46.2 Å². The third-order valence-electron chi connectivity index (χ3n) is 2.83. The minimum Gasteiger partial charge on any atom is -0.310 e. The molecule has 0 saturated heterocycles. The zero-order chi connectivity index (χ0) is 12.8. The van der Waals surface area contributed by atoms with Crippen LogP contribution in [0.5, 0.6) is 0 Å². The van der Waals surface area contributed by atoms with Crippen molar-refractivity contribution in [1.29, 1.82) is 0 Å². The van der Waals surface area contributed by atoms with Crippen LogP contribution in [0.4, 0.5) is 0 Å². The Morgan fingerprint density at radius 3 is 2.53 bits per heavy atom. The van der Waals surface area contributed by atoms with Gasteiger partial charge in [-0.3, -0.25) is 0 Å². The Morgan fingerprint density at radius 2 is 1.94 bits per heavy atom. The summed E-state index contributed by atoms with van der Waals surface area (Å²) < 4.78 is 1.03. The number of benzene rings is 1. The van der Waals surface area contributed by atoms with E-state index in [0.29, 0.717) is 6.04 Å². The minimum atomic E-state index is 0.539. The van der Waals surface area contributed by atoms with E-state index in [4.69, 9.17) is 11.6 Å². The molecule has 0 amide bonds. The van der Waals surface area contributed by atoms with Crippen LogP contribution in [0.2, 0.25) is 5.02 Å². The summed E-state index contributed by atoms with van der Waals surface area (Å²) in [5.74, 6) is 0.774. The lowest BCUT2D eigenvalue weighted by Gasteiger charge is -2.15. The Bertz CT molecular complexity index is 352. The van der Waals surface area contributed by atoms with E-state index in [9.17, 15) is 0 Å². The molecule has 0 bridgehead atoms. The number of hydrogen-bond donors (Lipinski definition) is 1. The van der Waals surface area contributed by atoms with Crippen LogP contribution in [0, 0.1) is 5.92 Å². The molecule has 1 rings (SSSR count). The largest absolute Gasteiger partial charge is 0.310 e. The van der Waals surface area contributed by atoms with E-state index in [-0.39, 0.29) is 0 Å². The molecule has 0 aliphatic heterocycles. The fourth-order valence-electron chi connectivity index (χ4n) is 1.63. The number of hydrogen-bond acceptors (Lipinski definition) is 1. The Hall–Kier alpha value is -0.0500. The van der Waals surface area contributed by atoms with Crippen LogP contribution >= 0.6 is 27.5 Å². The van der Waals surface area contributed by atoms with Gasteiger partial charge in [0.2, 0.25) is 0 Å². The van der Waals surface area contributed by atoms with Crippen molar-refractivity contribution < 1.29 is 0 Å². The maximum absolute atomic E-state index is 6.17. The van der Waals surface area contributed by atoms with Gasteiger partial charge in [-0.25, -0.2) is 0 Å². The topological polar surface area (TPSA) is 12.0 Å². The van der Waals surface area contributed by atoms with Gasteiger partial charge < -0.3 is 5.32 Å². The summed E-state index contributed by atoms with van der Waals surface area (Å²) in [6.45, 7) is 7.59. The molecule has 1 aromatic carbocycles. The monoisotopic (exact) mass is 317 g/mol. The molecular weight excluding hydrogens is 298 g/mol. The van der Waals surface area contributed by atoms with Gasteiger partial charge >= 0.3 is 0 Å². The van der Waals surface area contributed by atoms with Crippen LogP contribution < -0.4 is 5.32 Å². The summed E-state index contributed by atoms with van der Waals surface area (Å²) in [6.07, 6.45) is 2.48.